The molecule has 0 radical (unpaired) electrons. The van der Waals surface area contributed by atoms with Crippen molar-refractivity contribution in [2.45, 2.75) is 0 Å². The van der Waals surface area contributed by atoms with Crippen LogP contribution in [-0.4, -0.2) is 7.05 Å². The van der Waals surface area contributed by atoms with E-state index in [-0.39, 0.29) is 11.6 Å². The molecule has 0 aliphatic carbocycles. The molecule has 0 atom stereocenters. The monoisotopic (exact) mass is 219 g/mol. The smallest absolute Gasteiger partial charge is 0.133 e. The Labute approximate surface area is 92.7 Å². The number of rotatable bonds is 2. The van der Waals surface area contributed by atoms with E-state index in [0.717, 1.165) is 0 Å². The molecule has 0 unspecified atom stereocenters. The summed E-state index contributed by atoms with van der Waals surface area (Å²) in [6.45, 7) is 0. The molecule has 82 valence electrons. The van der Waals surface area contributed by atoms with Gasteiger partial charge in [0.2, 0.25) is 0 Å². The molecule has 3 heteroatoms. The van der Waals surface area contributed by atoms with E-state index in [9.17, 15) is 8.78 Å². The van der Waals surface area contributed by atoms with E-state index >= 15 is 0 Å². The van der Waals surface area contributed by atoms with Crippen molar-refractivity contribution in [3.05, 3.63) is 54.1 Å². The van der Waals surface area contributed by atoms with Gasteiger partial charge in [-0.15, -0.1) is 0 Å². The van der Waals surface area contributed by atoms with Gasteiger partial charge in [-0.3, -0.25) is 0 Å². The maximum Gasteiger partial charge on any atom is 0.133 e. The van der Waals surface area contributed by atoms with E-state index in [1.54, 1.807) is 31.3 Å². The third kappa shape index (κ3) is 2.03. The highest BCUT2D eigenvalue weighted by molar-refractivity contribution is 5.66. The first-order chi connectivity index (χ1) is 7.70. The van der Waals surface area contributed by atoms with Crippen molar-refractivity contribution in [1.29, 1.82) is 0 Å². The molecule has 2 aromatic rings. The molecule has 0 aliphatic rings. The fraction of sp³-hybridized carbons (Fsp3) is 0.0769. The Balaban J connectivity index is 2.44. The molecule has 1 N–H and O–H groups in total. The second-order valence-corrected chi connectivity index (χ2v) is 3.45. The summed E-state index contributed by atoms with van der Waals surface area (Å²) in [5, 5.41) is 2.86. The largest absolute Gasteiger partial charge is 0.388 e. The third-order valence-electron chi connectivity index (χ3n) is 2.41. The summed E-state index contributed by atoms with van der Waals surface area (Å²) < 4.78 is 26.4. The molecule has 2 rings (SSSR count). The van der Waals surface area contributed by atoms with Crippen LogP contribution >= 0.6 is 0 Å². The van der Waals surface area contributed by atoms with Crippen molar-refractivity contribution < 1.29 is 8.78 Å². The SMILES string of the molecule is CNc1ccc(-c2ccc(F)cc2)c(F)c1. The normalized spacial score (nSPS) is 10.2. The van der Waals surface area contributed by atoms with E-state index in [4.69, 9.17) is 0 Å². The highest BCUT2D eigenvalue weighted by Crippen LogP contribution is 2.25. The van der Waals surface area contributed by atoms with Gasteiger partial charge in [0, 0.05) is 18.3 Å². The van der Waals surface area contributed by atoms with Gasteiger partial charge in [-0.2, -0.15) is 0 Å². The van der Waals surface area contributed by atoms with Crippen molar-refractivity contribution in [2.24, 2.45) is 0 Å². The van der Waals surface area contributed by atoms with E-state index in [1.807, 2.05) is 0 Å². The van der Waals surface area contributed by atoms with Crippen LogP contribution in [0.15, 0.2) is 42.5 Å². The molecule has 0 amide bonds. The van der Waals surface area contributed by atoms with E-state index < -0.39 is 0 Å². The Hall–Kier alpha value is -1.90. The second-order valence-electron chi connectivity index (χ2n) is 3.45. The van der Waals surface area contributed by atoms with E-state index in [1.165, 1.54) is 18.2 Å². The van der Waals surface area contributed by atoms with Crippen molar-refractivity contribution in [2.75, 3.05) is 12.4 Å². The zero-order valence-corrected chi connectivity index (χ0v) is 8.80. The molecule has 2 aromatic carbocycles. The van der Waals surface area contributed by atoms with Crippen molar-refractivity contribution in [1.82, 2.24) is 0 Å². The first-order valence-electron chi connectivity index (χ1n) is 4.94. The zero-order valence-electron chi connectivity index (χ0n) is 8.80. The molecule has 1 nitrogen and oxygen atoms in total. The predicted octanol–water partition coefficient (Wildman–Crippen LogP) is 3.67. The van der Waals surface area contributed by atoms with Gasteiger partial charge in [0.05, 0.1) is 0 Å². The van der Waals surface area contributed by atoms with Gasteiger partial charge in [-0.25, -0.2) is 8.78 Å². The first-order valence-corrected chi connectivity index (χ1v) is 4.94. The maximum atomic E-state index is 13.7. The van der Waals surface area contributed by atoms with Gasteiger partial charge >= 0.3 is 0 Å². The lowest BCUT2D eigenvalue weighted by molar-refractivity contribution is 0.626. The van der Waals surface area contributed by atoms with Crippen molar-refractivity contribution in [3.63, 3.8) is 0 Å². The first kappa shape index (κ1) is 10.6. The van der Waals surface area contributed by atoms with Crippen molar-refractivity contribution >= 4 is 5.69 Å². The van der Waals surface area contributed by atoms with Crippen LogP contribution in [0.1, 0.15) is 0 Å². The Kier molecular flexibility index (Phi) is 2.86. The molecule has 0 aromatic heterocycles. The minimum absolute atomic E-state index is 0.321. The Morgan fingerprint density at radius 2 is 1.62 bits per heavy atom. The summed E-state index contributed by atoms with van der Waals surface area (Å²) >= 11 is 0. The fourth-order valence-corrected chi connectivity index (χ4v) is 1.53. The quantitative estimate of drug-likeness (QED) is 0.812. The summed E-state index contributed by atoms with van der Waals surface area (Å²) in [6, 6.07) is 10.6. The summed E-state index contributed by atoms with van der Waals surface area (Å²) in [4.78, 5) is 0. The molecule has 0 fully saturated rings. The van der Waals surface area contributed by atoms with Gasteiger partial charge < -0.3 is 5.32 Å². The lowest BCUT2D eigenvalue weighted by Gasteiger charge is -2.06. The summed E-state index contributed by atoms with van der Waals surface area (Å²) in [7, 11) is 1.73. The molecular formula is C13H11F2N. The minimum atomic E-state index is -0.323. The van der Waals surface area contributed by atoms with Gasteiger partial charge in [-0.1, -0.05) is 12.1 Å². The molecule has 16 heavy (non-hydrogen) atoms. The van der Waals surface area contributed by atoms with Gasteiger partial charge in [0.25, 0.3) is 0 Å². The molecular weight excluding hydrogens is 208 g/mol. The van der Waals surface area contributed by atoms with Crippen LogP contribution in [0.2, 0.25) is 0 Å². The summed E-state index contributed by atoms with van der Waals surface area (Å²) in [5.41, 5.74) is 1.85. The third-order valence-corrected chi connectivity index (χ3v) is 2.41. The maximum absolute atomic E-state index is 13.7. The van der Waals surface area contributed by atoms with Crippen LogP contribution in [-0.2, 0) is 0 Å². The number of halogens is 2. The number of anilines is 1. The van der Waals surface area contributed by atoms with Crippen molar-refractivity contribution in [3.8, 4) is 11.1 Å². The van der Waals surface area contributed by atoms with Crippen LogP contribution < -0.4 is 5.32 Å². The minimum Gasteiger partial charge on any atom is -0.388 e. The lowest BCUT2D eigenvalue weighted by atomic mass is 10.0. The standard InChI is InChI=1S/C13H11F2N/c1-16-11-6-7-12(13(15)8-11)9-2-4-10(14)5-3-9/h2-8,16H,1H3. The van der Waals surface area contributed by atoms with Crippen LogP contribution in [0.4, 0.5) is 14.5 Å². The summed E-state index contributed by atoms with van der Waals surface area (Å²) in [5.74, 6) is -0.644. The number of hydrogen-bond donors (Lipinski definition) is 1. The lowest BCUT2D eigenvalue weighted by Crippen LogP contribution is -1.91. The highest BCUT2D eigenvalue weighted by Gasteiger charge is 2.05. The predicted molar refractivity (Wildman–Crippen MR) is 61.3 cm³/mol. The molecule has 0 heterocycles. The topological polar surface area (TPSA) is 12.0 Å². The zero-order chi connectivity index (χ0) is 11.5. The van der Waals surface area contributed by atoms with Crippen LogP contribution in [0.3, 0.4) is 0 Å². The summed E-state index contributed by atoms with van der Waals surface area (Å²) in [6.07, 6.45) is 0. The number of benzene rings is 2. The van der Waals surface area contributed by atoms with Gasteiger partial charge in [0.1, 0.15) is 11.6 Å². The van der Waals surface area contributed by atoms with Crippen LogP contribution in [0, 0.1) is 11.6 Å². The molecule has 0 bridgehead atoms. The molecule has 0 spiro atoms. The number of nitrogens with one attached hydrogen (secondary N) is 1. The van der Waals surface area contributed by atoms with E-state index in [0.29, 0.717) is 16.8 Å². The Morgan fingerprint density at radius 1 is 0.938 bits per heavy atom. The molecule has 0 saturated heterocycles. The molecule has 0 aliphatic heterocycles. The van der Waals surface area contributed by atoms with Crippen LogP contribution in [0.5, 0.6) is 0 Å². The molecule has 0 saturated carbocycles. The fourth-order valence-electron chi connectivity index (χ4n) is 1.53. The Bertz CT molecular complexity index is 492. The average Bonchev–Trinajstić information content (AvgIpc) is 2.30. The van der Waals surface area contributed by atoms with Gasteiger partial charge in [0.15, 0.2) is 0 Å². The average molecular weight is 219 g/mol. The highest BCUT2D eigenvalue weighted by atomic mass is 19.1. The van der Waals surface area contributed by atoms with E-state index in [2.05, 4.69) is 5.32 Å². The number of hydrogen-bond acceptors (Lipinski definition) is 1. The van der Waals surface area contributed by atoms with Gasteiger partial charge in [-0.05, 0) is 35.9 Å². The Morgan fingerprint density at radius 3 is 2.19 bits per heavy atom. The van der Waals surface area contributed by atoms with Crippen LogP contribution in [0.25, 0.3) is 11.1 Å². The second kappa shape index (κ2) is 4.31.